The van der Waals surface area contributed by atoms with Crippen molar-refractivity contribution in [1.29, 1.82) is 0 Å². The lowest BCUT2D eigenvalue weighted by Gasteiger charge is -2.17. The fourth-order valence-corrected chi connectivity index (χ4v) is 2.63. The molecule has 0 saturated carbocycles. The van der Waals surface area contributed by atoms with E-state index in [4.69, 9.17) is 0 Å². The minimum absolute atomic E-state index is 0.183. The highest BCUT2D eigenvalue weighted by molar-refractivity contribution is 5.98. The standard InChI is InChI=1S/C19H23NO/c1-14-6-5-7-17(11-14)12-20(4)13-19(21)18-9-8-15(2)10-16(18)3/h5-11H,12-13H2,1-4H3. The van der Waals surface area contributed by atoms with Crippen molar-refractivity contribution in [3.05, 3.63) is 70.3 Å². The average molecular weight is 281 g/mol. The number of rotatable bonds is 5. The van der Waals surface area contributed by atoms with Gasteiger partial charge in [-0.05, 0) is 38.9 Å². The molecule has 0 radical (unpaired) electrons. The Morgan fingerprint density at radius 2 is 1.71 bits per heavy atom. The Kier molecular flexibility index (Phi) is 4.92. The molecule has 0 N–H and O–H groups in total. The lowest BCUT2D eigenvalue weighted by Crippen LogP contribution is -2.26. The Bertz CT molecular complexity index is 646. The first-order valence-corrected chi connectivity index (χ1v) is 7.30. The summed E-state index contributed by atoms with van der Waals surface area (Å²) < 4.78 is 0. The van der Waals surface area contributed by atoms with Gasteiger partial charge in [0.15, 0.2) is 5.78 Å². The van der Waals surface area contributed by atoms with E-state index in [9.17, 15) is 4.79 Å². The van der Waals surface area contributed by atoms with E-state index in [0.717, 1.165) is 17.7 Å². The molecule has 0 atom stereocenters. The Morgan fingerprint density at radius 3 is 2.38 bits per heavy atom. The van der Waals surface area contributed by atoms with E-state index < -0.39 is 0 Å². The van der Waals surface area contributed by atoms with E-state index in [0.29, 0.717) is 6.54 Å². The lowest BCUT2D eigenvalue weighted by molar-refractivity contribution is 0.0942. The van der Waals surface area contributed by atoms with Crippen molar-refractivity contribution in [2.24, 2.45) is 0 Å². The first kappa shape index (κ1) is 15.5. The van der Waals surface area contributed by atoms with Crippen molar-refractivity contribution in [3.8, 4) is 0 Å². The Balaban J connectivity index is 2.02. The number of Topliss-reactive ketones (excluding diaryl/α,β-unsaturated/α-hetero) is 1. The predicted molar refractivity (Wildman–Crippen MR) is 87.8 cm³/mol. The highest BCUT2D eigenvalue weighted by Crippen LogP contribution is 2.13. The quantitative estimate of drug-likeness (QED) is 0.774. The number of likely N-dealkylation sites (N-methyl/N-ethyl adjacent to an activating group) is 1. The molecule has 0 heterocycles. The number of benzene rings is 2. The first-order chi connectivity index (χ1) is 9.95. The molecule has 0 aliphatic heterocycles. The summed E-state index contributed by atoms with van der Waals surface area (Å²) in [6.07, 6.45) is 0. The number of hydrogen-bond acceptors (Lipinski definition) is 2. The third-order valence-electron chi connectivity index (χ3n) is 3.63. The predicted octanol–water partition coefficient (Wildman–Crippen LogP) is 3.93. The van der Waals surface area contributed by atoms with Gasteiger partial charge in [-0.2, -0.15) is 0 Å². The van der Waals surface area contributed by atoms with Crippen molar-refractivity contribution in [2.45, 2.75) is 27.3 Å². The van der Waals surface area contributed by atoms with Crippen LogP contribution in [0.25, 0.3) is 0 Å². The van der Waals surface area contributed by atoms with Crippen molar-refractivity contribution >= 4 is 5.78 Å². The van der Waals surface area contributed by atoms with Gasteiger partial charge in [0.25, 0.3) is 0 Å². The second kappa shape index (κ2) is 6.68. The monoisotopic (exact) mass is 281 g/mol. The fraction of sp³-hybridized carbons (Fsp3) is 0.316. The lowest BCUT2D eigenvalue weighted by atomic mass is 10.0. The molecule has 0 aliphatic carbocycles. The van der Waals surface area contributed by atoms with Crippen molar-refractivity contribution in [3.63, 3.8) is 0 Å². The van der Waals surface area contributed by atoms with Crippen LogP contribution in [0.2, 0.25) is 0 Å². The van der Waals surface area contributed by atoms with E-state index >= 15 is 0 Å². The van der Waals surface area contributed by atoms with Crippen LogP contribution < -0.4 is 0 Å². The van der Waals surface area contributed by atoms with Gasteiger partial charge in [-0.25, -0.2) is 0 Å². The van der Waals surface area contributed by atoms with Gasteiger partial charge in [-0.1, -0.05) is 53.6 Å². The van der Waals surface area contributed by atoms with Crippen LogP contribution in [-0.2, 0) is 6.54 Å². The minimum atomic E-state index is 0.183. The second-order valence-electron chi connectivity index (χ2n) is 5.90. The van der Waals surface area contributed by atoms with Crippen LogP contribution in [0.4, 0.5) is 0 Å². The second-order valence-corrected chi connectivity index (χ2v) is 5.90. The molecule has 2 nitrogen and oxygen atoms in total. The van der Waals surface area contributed by atoms with E-state index in [2.05, 4.69) is 42.2 Å². The molecule has 0 saturated heterocycles. The normalized spacial score (nSPS) is 10.9. The summed E-state index contributed by atoms with van der Waals surface area (Å²) in [6.45, 7) is 7.37. The van der Waals surface area contributed by atoms with Gasteiger partial charge < -0.3 is 0 Å². The Labute approximate surface area is 127 Å². The zero-order chi connectivity index (χ0) is 15.4. The molecule has 0 fully saturated rings. The summed E-state index contributed by atoms with van der Waals surface area (Å²) in [6, 6.07) is 14.4. The highest BCUT2D eigenvalue weighted by Gasteiger charge is 2.12. The Morgan fingerprint density at radius 1 is 1.00 bits per heavy atom. The molecule has 0 aromatic heterocycles. The van der Waals surface area contributed by atoms with Gasteiger partial charge in [-0.3, -0.25) is 9.69 Å². The molecular weight excluding hydrogens is 258 g/mol. The number of hydrogen-bond donors (Lipinski definition) is 0. The summed E-state index contributed by atoms with van der Waals surface area (Å²) in [7, 11) is 1.99. The van der Waals surface area contributed by atoms with E-state index in [1.165, 1.54) is 16.7 Å². The maximum atomic E-state index is 12.4. The van der Waals surface area contributed by atoms with Gasteiger partial charge in [-0.15, -0.1) is 0 Å². The molecule has 110 valence electrons. The van der Waals surface area contributed by atoms with E-state index in [1.54, 1.807) is 0 Å². The highest BCUT2D eigenvalue weighted by atomic mass is 16.1. The molecule has 21 heavy (non-hydrogen) atoms. The number of nitrogens with zero attached hydrogens (tertiary/aromatic N) is 1. The average Bonchev–Trinajstić information content (AvgIpc) is 2.38. The molecule has 0 amide bonds. The van der Waals surface area contributed by atoms with Gasteiger partial charge in [0, 0.05) is 12.1 Å². The number of carbonyl (C=O) groups excluding carboxylic acids is 1. The van der Waals surface area contributed by atoms with Crippen LogP contribution in [0, 0.1) is 20.8 Å². The minimum Gasteiger partial charge on any atom is -0.295 e. The topological polar surface area (TPSA) is 20.3 Å². The molecule has 0 aliphatic rings. The van der Waals surface area contributed by atoms with Crippen molar-refractivity contribution in [1.82, 2.24) is 4.90 Å². The van der Waals surface area contributed by atoms with Gasteiger partial charge in [0.2, 0.25) is 0 Å². The van der Waals surface area contributed by atoms with Crippen LogP contribution in [-0.4, -0.2) is 24.3 Å². The van der Waals surface area contributed by atoms with E-state index in [1.807, 2.05) is 33.0 Å². The Hall–Kier alpha value is -1.93. The molecule has 2 rings (SSSR count). The molecule has 0 bridgehead atoms. The fourth-order valence-electron chi connectivity index (χ4n) is 2.63. The number of carbonyl (C=O) groups is 1. The summed E-state index contributed by atoms with van der Waals surface area (Å²) in [5.74, 6) is 0.183. The smallest absolute Gasteiger partial charge is 0.177 e. The van der Waals surface area contributed by atoms with Gasteiger partial charge >= 0.3 is 0 Å². The molecule has 2 aromatic rings. The summed E-state index contributed by atoms with van der Waals surface area (Å²) in [5.41, 5.74) is 5.57. The summed E-state index contributed by atoms with van der Waals surface area (Å²) in [5, 5.41) is 0. The van der Waals surface area contributed by atoms with Gasteiger partial charge in [0.1, 0.15) is 0 Å². The third-order valence-corrected chi connectivity index (χ3v) is 3.63. The number of aryl methyl sites for hydroxylation is 3. The van der Waals surface area contributed by atoms with Gasteiger partial charge in [0.05, 0.1) is 6.54 Å². The molecule has 2 heteroatoms. The third kappa shape index (κ3) is 4.27. The zero-order valence-electron chi connectivity index (χ0n) is 13.3. The van der Waals surface area contributed by atoms with Crippen molar-refractivity contribution < 1.29 is 4.79 Å². The number of ketones is 1. The van der Waals surface area contributed by atoms with Crippen LogP contribution in [0.1, 0.15) is 32.6 Å². The van der Waals surface area contributed by atoms with Crippen LogP contribution in [0.15, 0.2) is 42.5 Å². The molecule has 2 aromatic carbocycles. The maximum Gasteiger partial charge on any atom is 0.177 e. The first-order valence-electron chi connectivity index (χ1n) is 7.30. The largest absolute Gasteiger partial charge is 0.295 e. The maximum absolute atomic E-state index is 12.4. The molecule has 0 spiro atoms. The van der Waals surface area contributed by atoms with Crippen LogP contribution >= 0.6 is 0 Å². The van der Waals surface area contributed by atoms with E-state index in [-0.39, 0.29) is 5.78 Å². The SMILES string of the molecule is Cc1cccc(CN(C)CC(=O)c2ccc(C)cc2C)c1. The zero-order valence-corrected chi connectivity index (χ0v) is 13.3. The molecular formula is C19H23NO. The van der Waals surface area contributed by atoms with Crippen LogP contribution in [0.5, 0.6) is 0 Å². The van der Waals surface area contributed by atoms with Crippen LogP contribution in [0.3, 0.4) is 0 Å². The summed E-state index contributed by atoms with van der Waals surface area (Å²) >= 11 is 0. The van der Waals surface area contributed by atoms with Crippen molar-refractivity contribution in [2.75, 3.05) is 13.6 Å². The molecule has 0 unspecified atom stereocenters. The summed E-state index contributed by atoms with van der Waals surface area (Å²) in [4.78, 5) is 14.5.